The molecule has 6 heteroatoms. The Morgan fingerprint density at radius 2 is 1.69 bits per heavy atom. The summed E-state index contributed by atoms with van der Waals surface area (Å²) < 4.78 is 0. The Kier molecular flexibility index (Phi) is 5.34. The van der Waals surface area contributed by atoms with Crippen molar-refractivity contribution in [1.82, 2.24) is 15.3 Å². The third kappa shape index (κ3) is 4.51. The fourth-order valence-corrected chi connectivity index (χ4v) is 2.30. The fourth-order valence-electron chi connectivity index (χ4n) is 2.30. The van der Waals surface area contributed by atoms with Crippen LogP contribution in [0.1, 0.15) is 32.0 Å². The molecule has 0 saturated heterocycles. The second-order valence-electron chi connectivity index (χ2n) is 5.79. The van der Waals surface area contributed by atoms with Gasteiger partial charge in [-0.05, 0) is 37.3 Å². The smallest absolute Gasteiger partial charge is 0.257 e. The summed E-state index contributed by atoms with van der Waals surface area (Å²) in [6, 6.07) is 14.5. The number of benzene rings is 1. The van der Waals surface area contributed by atoms with Crippen molar-refractivity contribution in [2.75, 3.05) is 5.32 Å². The summed E-state index contributed by atoms with van der Waals surface area (Å²) in [4.78, 5) is 32.8. The molecule has 0 unspecified atom stereocenters. The summed E-state index contributed by atoms with van der Waals surface area (Å²) in [6.45, 7) is 2.28. The standard InChI is InChI=1S/C20H18N4O2/c1-14-5-7-17(8-6-14)24-20(26)16-10-15(11-21-12-16)19(25)23-13-18-4-2-3-9-22-18/h2-12H,13H2,1H3,(H,23,25)(H,24,26). The van der Waals surface area contributed by atoms with Gasteiger partial charge in [0.15, 0.2) is 0 Å². The van der Waals surface area contributed by atoms with Gasteiger partial charge in [-0.3, -0.25) is 19.6 Å². The highest BCUT2D eigenvalue weighted by Crippen LogP contribution is 2.11. The molecule has 0 radical (unpaired) electrons. The lowest BCUT2D eigenvalue weighted by Crippen LogP contribution is -2.24. The number of amides is 2. The van der Waals surface area contributed by atoms with Crippen molar-refractivity contribution in [3.8, 4) is 0 Å². The van der Waals surface area contributed by atoms with E-state index >= 15 is 0 Å². The molecule has 0 aliphatic heterocycles. The van der Waals surface area contributed by atoms with Crippen LogP contribution in [0.3, 0.4) is 0 Å². The largest absolute Gasteiger partial charge is 0.346 e. The van der Waals surface area contributed by atoms with Crippen LogP contribution < -0.4 is 10.6 Å². The Hall–Kier alpha value is -3.54. The average molecular weight is 346 g/mol. The summed E-state index contributed by atoms with van der Waals surface area (Å²) in [5.41, 5.74) is 3.18. The van der Waals surface area contributed by atoms with Crippen LogP contribution in [-0.4, -0.2) is 21.8 Å². The van der Waals surface area contributed by atoms with Crippen molar-refractivity contribution < 1.29 is 9.59 Å². The summed E-state index contributed by atoms with van der Waals surface area (Å²) in [7, 11) is 0. The molecule has 2 N–H and O–H groups in total. The molecule has 0 saturated carbocycles. The van der Waals surface area contributed by atoms with Crippen LogP contribution in [0.15, 0.2) is 67.1 Å². The molecular formula is C20H18N4O2. The van der Waals surface area contributed by atoms with Gasteiger partial charge in [-0.15, -0.1) is 0 Å². The van der Waals surface area contributed by atoms with Crippen molar-refractivity contribution in [3.05, 3.63) is 89.5 Å². The Morgan fingerprint density at radius 1 is 0.962 bits per heavy atom. The van der Waals surface area contributed by atoms with Crippen LogP contribution in [0.25, 0.3) is 0 Å². The molecule has 2 amide bonds. The van der Waals surface area contributed by atoms with E-state index in [2.05, 4.69) is 20.6 Å². The molecule has 130 valence electrons. The fraction of sp³-hybridized carbons (Fsp3) is 0.100. The molecule has 0 fully saturated rings. The van der Waals surface area contributed by atoms with Crippen LogP contribution in [0.2, 0.25) is 0 Å². The Morgan fingerprint density at radius 3 is 2.38 bits per heavy atom. The van der Waals surface area contributed by atoms with E-state index in [0.29, 0.717) is 23.4 Å². The van der Waals surface area contributed by atoms with Gasteiger partial charge >= 0.3 is 0 Å². The summed E-state index contributed by atoms with van der Waals surface area (Å²) in [5.74, 6) is -0.631. The second-order valence-corrected chi connectivity index (χ2v) is 5.79. The van der Waals surface area contributed by atoms with Crippen molar-refractivity contribution >= 4 is 17.5 Å². The Labute approximate surface area is 151 Å². The number of pyridine rings is 2. The first-order valence-corrected chi connectivity index (χ1v) is 8.13. The summed E-state index contributed by atoms with van der Waals surface area (Å²) >= 11 is 0. The molecule has 0 aliphatic carbocycles. The minimum absolute atomic E-state index is 0.305. The molecule has 3 rings (SSSR count). The first-order valence-electron chi connectivity index (χ1n) is 8.13. The molecule has 3 aromatic rings. The number of nitrogens with one attached hydrogen (secondary N) is 2. The number of carbonyl (C=O) groups is 2. The molecule has 0 spiro atoms. The predicted octanol–water partition coefficient (Wildman–Crippen LogP) is 2.97. The number of nitrogens with zero attached hydrogens (tertiary/aromatic N) is 2. The van der Waals surface area contributed by atoms with E-state index < -0.39 is 0 Å². The maximum Gasteiger partial charge on any atom is 0.257 e. The number of aryl methyl sites for hydroxylation is 1. The van der Waals surface area contributed by atoms with E-state index in [9.17, 15) is 9.59 Å². The first kappa shape index (κ1) is 17.3. The third-order valence-corrected chi connectivity index (χ3v) is 3.73. The normalized spacial score (nSPS) is 10.2. The average Bonchev–Trinajstić information content (AvgIpc) is 2.69. The highest BCUT2D eigenvalue weighted by Gasteiger charge is 2.12. The Bertz CT molecular complexity index is 909. The van der Waals surface area contributed by atoms with Crippen LogP contribution in [0, 0.1) is 6.92 Å². The summed E-state index contributed by atoms with van der Waals surface area (Å²) in [6.07, 6.45) is 4.52. The van der Waals surface area contributed by atoms with Gasteiger partial charge in [0.2, 0.25) is 0 Å². The van der Waals surface area contributed by atoms with E-state index in [0.717, 1.165) is 11.3 Å². The van der Waals surface area contributed by atoms with Gasteiger partial charge in [0, 0.05) is 24.3 Å². The van der Waals surface area contributed by atoms with Crippen LogP contribution >= 0.6 is 0 Å². The van der Waals surface area contributed by atoms with Crippen molar-refractivity contribution in [3.63, 3.8) is 0 Å². The van der Waals surface area contributed by atoms with Gasteiger partial charge in [0.05, 0.1) is 23.4 Å². The molecule has 6 nitrogen and oxygen atoms in total. The topological polar surface area (TPSA) is 84.0 Å². The van der Waals surface area contributed by atoms with Crippen LogP contribution in [0.4, 0.5) is 5.69 Å². The van der Waals surface area contributed by atoms with Gasteiger partial charge in [-0.1, -0.05) is 23.8 Å². The first-order chi connectivity index (χ1) is 12.6. The number of hydrogen-bond acceptors (Lipinski definition) is 4. The van der Waals surface area contributed by atoms with E-state index in [1.54, 1.807) is 6.20 Å². The molecule has 2 aromatic heterocycles. The summed E-state index contributed by atoms with van der Waals surface area (Å²) in [5, 5.41) is 5.55. The van der Waals surface area contributed by atoms with Gasteiger partial charge < -0.3 is 10.6 Å². The van der Waals surface area contributed by atoms with Crippen LogP contribution in [0.5, 0.6) is 0 Å². The van der Waals surface area contributed by atoms with E-state index in [-0.39, 0.29) is 11.8 Å². The highest BCUT2D eigenvalue weighted by atomic mass is 16.2. The number of aromatic nitrogens is 2. The zero-order chi connectivity index (χ0) is 18.4. The van der Waals surface area contributed by atoms with Gasteiger partial charge in [-0.2, -0.15) is 0 Å². The molecule has 0 aliphatic rings. The highest BCUT2D eigenvalue weighted by molar-refractivity contribution is 6.05. The van der Waals surface area contributed by atoms with E-state index in [1.165, 1.54) is 18.5 Å². The molecule has 1 aromatic carbocycles. The minimum atomic E-state index is -0.319. The van der Waals surface area contributed by atoms with E-state index in [1.807, 2.05) is 49.4 Å². The lowest BCUT2D eigenvalue weighted by molar-refractivity contribution is 0.0950. The van der Waals surface area contributed by atoms with Crippen molar-refractivity contribution in [2.24, 2.45) is 0 Å². The van der Waals surface area contributed by atoms with Gasteiger partial charge in [0.1, 0.15) is 0 Å². The quantitative estimate of drug-likeness (QED) is 0.744. The molecular weight excluding hydrogens is 328 g/mol. The van der Waals surface area contributed by atoms with Gasteiger partial charge in [0.25, 0.3) is 11.8 Å². The number of anilines is 1. The minimum Gasteiger partial charge on any atom is -0.346 e. The van der Waals surface area contributed by atoms with Crippen LogP contribution in [-0.2, 0) is 6.54 Å². The Balaban J connectivity index is 1.66. The lowest BCUT2D eigenvalue weighted by Gasteiger charge is -2.08. The zero-order valence-corrected chi connectivity index (χ0v) is 14.3. The second kappa shape index (κ2) is 8.02. The molecule has 2 heterocycles. The third-order valence-electron chi connectivity index (χ3n) is 3.73. The predicted molar refractivity (Wildman–Crippen MR) is 98.8 cm³/mol. The molecule has 0 bridgehead atoms. The molecule has 0 atom stereocenters. The van der Waals surface area contributed by atoms with Crippen molar-refractivity contribution in [1.29, 1.82) is 0 Å². The van der Waals surface area contributed by atoms with Crippen molar-refractivity contribution in [2.45, 2.75) is 13.5 Å². The zero-order valence-electron chi connectivity index (χ0n) is 14.3. The SMILES string of the molecule is Cc1ccc(NC(=O)c2cncc(C(=O)NCc3ccccn3)c2)cc1. The number of carbonyl (C=O) groups excluding carboxylic acids is 2. The molecule has 26 heavy (non-hydrogen) atoms. The number of hydrogen-bond donors (Lipinski definition) is 2. The van der Waals surface area contributed by atoms with E-state index in [4.69, 9.17) is 0 Å². The maximum absolute atomic E-state index is 12.4. The monoisotopic (exact) mass is 346 g/mol. The maximum atomic E-state index is 12.4. The lowest BCUT2D eigenvalue weighted by atomic mass is 10.1. The van der Waals surface area contributed by atoms with Gasteiger partial charge in [-0.25, -0.2) is 0 Å². The number of rotatable bonds is 5.